The van der Waals surface area contributed by atoms with E-state index in [0.717, 1.165) is 0 Å². The SMILES string of the molecule is CC(C)C(=O)Nc1nc(Cl)c2ncn([C@@H]3O[C@H](CO[Si](O)(C(C)C)C(C)C)C(O[SiH](C(C)C)C(C)C)[C@@H]3O[Si](C)(C)C)c2n1. The Hall–Kier alpha value is -1.24. The number of nitrogens with zero attached hydrogens (tertiary/aromatic N) is 4. The molecule has 2 aromatic rings. The fourth-order valence-electron chi connectivity index (χ4n) is 5.62. The van der Waals surface area contributed by atoms with Crippen LogP contribution in [0.25, 0.3) is 11.2 Å². The molecule has 1 fully saturated rings. The third-order valence-corrected chi connectivity index (χ3v) is 16.4. The van der Waals surface area contributed by atoms with Gasteiger partial charge >= 0.3 is 8.56 Å². The average Bonchev–Trinajstić information content (AvgIpc) is 3.45. The molecular formula is C29H54ClN5O6Si3. The van der Waals surface area contributed by atoms with Crippen LogP contribution >= 0.6 is 11.6 Å². The number of halogens is 1. The predicted octanol–water partition coefficient (Wildman–Crippen LogP) is 6.39. The third-order valence-electron chi connectivity index (χ3n) is 7.95. The molecule has 3 rings (SSSR count). The predicted molar refractivity (Wildman–Crippen MR) is 182 cm³/mol. The fourth-order valence-corrected chi connectivity index (χ4v) is 12.2. The lowest BCUT2D eigenvalue weighted by atomic mass is 10.1. The molecule has 44 heavy (non-hydrogen) atoms. The maximum atomic E-state index is 12.5. The van der Waals surface area contributed by atoms with Crippen LogP contribution in [0.15, 0.2) is 6.33 Å². The van der Waals surface area contributed by atoms with Gasteiger partial charge in [-0.3, -0.25) is 14.7 Å². The number of carbonyl (C=O) groups excluding carboxylic acids is 1. The van der Waals surface area contributed by atoms with E-state index in [4.69, 9.17) is 29.6 Å². The zero-order valence-electron chi connectivity index (χ0n) is 28.7. The minimum Gasteiger partial charge on any atom is -0.411 e. The van der Waals surface area contributed by atoms with E-state index < -0.39 is 50.5 Å². The second-order valence-corrected chi connectivity index (χ2v) is 27.3. The minimum absolute atomic E-state index is 0.00236. The van der Waals surface area contributed by atoms with Crippen LogP contribution in [-0.2, 0) is 22.8 Å². The van der Waals surface area contributed by atoms with Crippen LogP contribution in [0.5, 0.6) is 0 Å². The third kappa shape index (κ3) is 8.56. The maximum Gasteiger partial charge on any atom is 0.340 e. The number of hydrogen-bond donors (Lipinski definition) is 2. The Bertz CT molecular complexity index is 1260. The number of imidazole rings is 1. The molecule has 250 valence electrons. The second kappa shape index (κ2) is 14.7. The van der Waals surface area contributed by atoms with Crippen LogP contribution in [0.2, 0.25) is 47.0 Å². The lowest BCUT2D eigenvalue weighted by molar-refractivity contribution is -0.118. The zero-order chi connectivity index (χ0) is 33.3. The number of fused-ring (bicyclic) bond motifs is 1. The molecule has 1 unspecified atom stereocenters. The first-order valence-corrected chi connectivity index (χ1v) is 23.4. The molecule has 1 saturated heterocycles. The number of carbonyl (C=O) groups is 1. The van der Waals surface area contributed by atoms with Gasteiger partial charge in [0.05, 0.1) is 12.9 Å². The number of nitrogens with one attached hydrogen (secondary N) is 1. The summed E-state index contributed by atoms with van der Waals surface area (Å²) in [6.45, 7) is 27.0. The van der Waals surface area contributed by atoms with Crippen molar-refractivity contribution < 1.29 is 27.6 Å². The Morgan fingerprint density at radius 3 is 2.14 bits per heavy atom. The van der Waals surface area contributed by atoms with Crippen molar-refractivity contribution in [2.24, 2.45) is 5.92 Å². The van der Waals surface area contributed by atoms with Gasteiger partial charge in [-0.15, -0.1) is 0 Å². The van der Waals surface area contributed by atoms with Crippen molar-refractivity contribution >= 4 is 60.5 Å². The first-order chi connectivity index (χ1) is 20.3. The highest BCUT2D eigenvalue weighted by Gasteiger charge is 2.52. The molecule has 11 nitrogen and oxygen atoms in total. The van der Waals surface area contributed by atoms with Crippen molar-refractivity contribution in [2.75, 3.05) is 11.9 Å². The first-order valence-electron chi connectivity index (χ1n) is 15.8. The summed E-state index contributed by atoms with van der Waals surface area (Å²) in [6, 6.07) is 0. The molecule has 15 heteroatoms. The Balaban J connectivity index is 2.14. The van der Waals surface area contributed by atoms with E-state index in [9.17, 15) is 9.59 Å². The fraction of sp³-hybridized carbons (Fsp3) is 0.793. The minimum atomic E-state index is -3.08. The summed E-state index contributed by atoms with van der Waals surface area (Å²) in [6.07, 6.45) is -0.513. The van der Waals surface area contributed by atoms with Gasteiger partial charge in [0.1, 0.15) is 23.8 Å². The molecule has 2 aromatic heterocycles. The quantitative estimate of drug-likeness (QED) is 0.171. The van der Waals surface area contributed by atoms with Gasteiger partial charge in [-0.05, 0) is 41.8 Å². The van der Waals surface area contributed by atoms with E-state index >= 15 is 0 Å². The number of aromatic nitrogens is 4. The van der Waals surface area contributed by atoms with Crippen molar-refractivity contribution in [1.82, 2.24) is 19.5 Å². The van der Waals surface area contributed by atoms with E-state index in [1.165, 1.54) is 0 Å². The van der Waals surface area contributed by atoms with Crippen molar-refractivity contribution in [3.8, 4) is 0 Å². The number of rotatable bonds is 14. The van der Waals surface area contributed by atoms with E-state index in [-0.39, 0.29) is 40.6 Å². The molecule has 1 aliphatic heterocycles. The zero-order valence-corrected chi connectivity index (χ0v) is 32.6. The largest absolute Gasteiger partial charge is 0.411 e. The molecule has 0 aliphatic carbocycles. The van der Waals surface area contributed by atoms with Crippen LogP contribution in [0, 0.1) is 5.92 Å². The van der Waals surface area contributed by atoms with E-state index in [0.29, 0.717) is 22.2 Å². The highest BCUT2D eigenvalue weighted by atomic mass is 35.5. The normalized spacial score (nSPS) is 21.8. The number of ether oxygens (including phenoxy) is 1. The van der Waals surface area contributed by atoms with Crippen LogP contribution < -0.4 is 5.32 Å². The molecule has 0 aromatic carbocycles. The van der Waals surface area contributed by atoms with Gasteiger partial charge in [0, 0.05) is 5.92 Å². The highest BCUT2D eigenvalue weighted by molar-refractivity contribution is 6.70. The average molecular weight is 688 g/mol. The lowest BCUT2D eigenvalue weighted by Crippen LogP contribution is -2.50. The standard InChI is InChI=1S/C29H54ClN5O6Si3/c1-16(2)27(36)34-29-32-25(30)22-26(33-29)35(15-31-22)28-24(41-43(11,12)13)23(40-42(17(3)4)18(5)6)21(39-28)14-38-44(37,19(7)8)20(9)10/h15-21,23-24,28,37,42H,14H2,1-13H3,(H,32,33,34,36)/t21-,23?,24+,28-/m1/s1. The van der Waals surface area contributed by atoms with Gasteiger partial charge < -0.3 is 22.8 Å². The molecule has 1 aliphatic rings. The van der Waals surface area contributed by atoms with Gasteiger partial charge in [0.15, 0.2) is 34.4 Å². The first kappa shape index (κ1) is 37.2. The summed E-state index contributed by atoms with van der Waals surface area (Å²) in [7, 11) is -6.98. The summed E-state index contributed by atoms with van der Waals surface area (Å²) in [4.78, 5) is 37.5. The van der Waals surface area contributed by atoms with Crippen molar-refractivity contribution in [3.63, 3.8) is 0 Å². The Morgan fingerprint density at radius 1 is 1.05 bits per heavy atom. The Kier molecular flexibility index (Phi) is 12.4. The van der Waals surface area contributed by atoms with Crippen LogP contribution in [-0.4, -0.2) is 81.1 Å². The van der Waals surface area contributed by atoms with Crippen LogP contribution in [0.4, 0.5) is 5.95 Å². The molecule has 0 spiro atoms. The number of hydrogen-bond acceptors (Lipinski definition) is 9. The van der Waals surface area contributed by atoms with Crippen molar-refractivity contribution in [2.45, 2.75) is 136 Å². The maximum absolute atomic E-state index is 12.5. The van der Waals surface area contributed by atoms with Crippen molar-refractivity contribution in [3.05, 3.63) is 11.5 Å². The highest BCUT2D eigenvalue weighted by Crippen LogP contribution is 2.41. The molecule has 0 radical (unpaired) electrons. The Labute approximate surface area is 271 Å². The summed E-state index contributed by atoms with van der Waals surface area (Å²) in [5.41, 5.74) is 1.56. The van der Waals surface area contributed by atoms with Gasteiger partial charge in [-0.2, -0.15) is 9.97 Å². The summed E-state index contributed by atoms with van der Waals surface area (Å²) < 4.78 is 29.0. The topological polar surface area (TPSA) is 130 Å². The Morgan fingerprint density at radius 2 is 1.64 bits per heavy atom. The summed E-state index contributed by atoms with van der Waals surface area (Å²) in [5, 5.41) is 2.87. The molecule has 1 amide bonds. The molecule has 3 heterocycles. The van der Waals surface area contributed by atoms with Gasteiger partial charge in [0.2, 0.25) is 11.9 Å². The smallest absolute Gasteiger partial charge is 0.340 e. The molecule has 4 atom stereocenters. The van der Waals surface area contributed by atoms with Crippen LogP contribution in [0.1, 0.15) is 75.5 Å². The van der Waals surface area contributed by atoms with E-state index in [2.05, 4.69) is 67.6 Å². The van der Waals surface area contributed by atoms with Crippen LogP contribution in [0.3, 0.4) is 0 Å². The molecule has 0 bridgehead atoms. The summed E-state index contributed by atoms with van der Waals surface area (Å²) in [5.74, 6) is -0.393. The second-order valence-electron chi connectivity index (χ2n) is 14.5. The van der Waals surface area contributed by atoms with Crippen molar-refractivity contribution in [1.29, 1.82) is 0 Å². The van der Waals surface area contributed by atoms with Gasteiger partial charge in [-0.25, -0.2) is 4.98 Å². The monoisotopic (exact) mass is 687 g/mol. The van der Waals surface area contributed by atoms with Gasteiger partial charge in [0.25, 0.3) is 0 Å². The molecular weight excluding hydrogens is 634 g/mol. The molecule has 0 saturated carbocycles. The van der Waals surface area contributed by atoms with E-state index in [1.54, 1.807) is 24.7 Å². The lowest BCUT2D eigenvalue weighted by Gasteiger charge is -2.36. The number of anilines is 1. The number of amides is 1. The van der Waals surface area contributed by atoms with Gasteiger partial charge in [-0.1, -0.05) is 80.8 Å². The molecule has 2 N–H and O–H groups in total. The summed E-state index contributed by atoms with van der Waals surface area (Å²) >= 11 is 6.54. The van der Waals surface area contributed by atoms with E-state index in [1.807, 2.05) is 27.7 Å².